The van der Waals surface area contributed by atoms with Crippen LogP contribution in [0, 0.1) is 0 Å². The third kappa shape index (κ3) is 4.17. The van der Waals surface area contributed by atoms with E-state index in [1.807, 2.05) is 29.1 Å². The summed E-state index contributed by atoms with van der Waals surface area (Å²) in [5.41, 5.74) is 1.86. The fourth-order valence-electron chi connectivity index (χ4n) is 3.02. The zero-order valence-corrected chi connectivity index (χ0v) is 15.3. The largest absolute Gasteiger partial charge is 0.323 e. The molecule has 2 aromatic carbocycles. The van der Waals surface area contributed by atoms with Crippen molar-refractivity contribution in [2.75, 3.05) is 5.32 Å². The molecule has 6 nitrogen and oxygen atoms in total. The molecule has 1 amide bonds. The van der Waals surface area contributed by atoms with Crippen molar-refractivity contribution in [3.05, 3.63) is 77.8 Å². The maximum absolute atomic E-state index is 12.1. The molecule has 136 valence electrons. The Kier molecular flexibility index (Phi) is 4.89. The summed E-state index contributed by atoms with van der Waals surface area (Å²) in [5, 5.41) is 14.3. The number of hydrogen-bond donors (Lipinski definition) is 1. The van der Waals surface area contributed by atoms with Gasteiger partial charge in [-0.3, -0.25) is 14.2 Å². The number of benzene rings is 2. The molecule has 4 aromatic rings. The lowest BCUT2D eigenvalue weighted by Crippen LogP contribution is -2.14. The zero-order valence-electron chi connectivity index (χ0n) is 14.5. The first kappa shape index (κ1) is 17.3. The summed E-state index contributed by atoms with van der Waals surface area (Å²) in [6.07, 6.45) is 7.05. The summed E-state index contributed by atoms with van der Waals surface area (Å²) in [6, 6.07) is 14.5. The van der Waals surface area contributed by atoms with Crippen LogP contribution in [0.3, 0.4) is 0 Å². The Labute approximate surface area is 161 Å². The Morgan fingerprint density at radius 1 is 1.00 bits per heavy atom. The van der Waals surface area contributed by atoms with Crippen molar-refractivity contribution in [2.45, 2.75) is 19.5 Å². The topological polar surface area (TPSA) is 64.7 Å². The van der Waals surface area contributed by atoms with E-state index < -0.39 is 0 Å². The van der Waals surface area contributed by atoms with Crippen LogP contribution in [0.5, 0.6) is 0 Å². The maximum atomic E-state index is 12.1. The Morgan fingerprint density at radius 3 is 2.67 bits per heavy atom. The Hall–Kier alpha value is -3.12. The molecule has 0 fully saturated rings. The molecule has 0 atom stereocenters. The van der Waals surface area contributed by atoms with Crippen LogP contribution in [0.2, 0.25) is 5.02 Å². The molecular formula is C20H18ClN5O. The van der Waals surface area contributed by atoms with E-state index >= 15 is 0 Å². The number of aromatic nitrogens is 4. The van der Waals surface area contributed by atoms with Crippen LogP contribution >= 0.6 is 11.6 Å². The molecule has 0 saturated heterocycles. The van der Waals surface area contributed by atoms with Crippen molar-refractivity contribution in [1.29, 1.82) is 0 Å². The molecule has 0 aliphatic heterocycles. The normalized spacial score (nSPS) is 11.0. The van der Waals surface area contributed by atoms with Gasteiger partial charge in [0.25, 0.3) is 0 Å². The summed E-state index contributed by atoms with van der Waals surface area (Å²) < 4.78 is 3.47. The molecule has 0 aliphatic rings. The second-order valence-corrected chi connectivity index (χ2v) is 6.72. The number of hydrogen-bond acceptors (Lipinski definition) is 3. The number of aryl methyl sites for hydroxylation is 1. The lowest BCUT2D eigenvalue weighted by atomic mass is 10.0. The van der Waals surface area contributed by atoms with Gasteiger partial charge < -0.3 is 5.32 Å². The van der Waals surface area contributed by atoms with Crippen LogP contribution in [-0.2, 0) is 17.9 Å². The predicted octanol–water partition coefficient (Wildman–Crippen LogP) is 3.96. The molecule has 1 N–H and O–H groups in total. The van der Waals surface area contributed by atoms with Gasteiger partial charge >= 0.3 is 0 Å². The van der Waals surface area contributed by atoms with E-state index in [1.165, 1.54) is 16.3 Å². The van der Waals surface area contributed by atoms with Gasteiger partial charge in [0.1, 0.15) is 0 Å². The highest BCUT2D eigenvalue weighted by molar-refractivity contribution is 6.30. The van der Waals surface area contributed by atoms with Crippen LogP contribution in [0.15, 0.2) is 67.3 Å². The number of fused-ring (bicyclic) bond motifs is 1. The average molecular weight is 380 g/mol. The second-order valence-electron chi connectivity index (χ2n) is 6.28. The minimum atomic E-state index is -0.0914. The van der Waals surface area contributed by atoms with Crippen molar-refractivity contribution < 1.29 is 4.79 Å². The van der Waals surface area contributed by atoms with E-state index in [4.69, 9.17) is 11.6 Å². The fourth-order valence-corrected chi connectivity index (χ4v) is 3.18. The summed E-state index contributed by atoms with van der Waals surface area (Å²) in [7, 11) is 0. The van der Waals surface area contributed by atoms with Gasteiger partial charge in [0, 0.05) is 25.4 Å². The summed E-state index contributed by atoms with van der Waals surface area (Å²) in [6.45, 7) is 1.12. The average Bonchev–Trinajstić information content (AvgIpc) is 3.29. The molecule has 0 spiro atoms. The van der Waals surface area contributed by atoms with Gasteiger partial charge in [0.05, 0.1) is 29.6 Å². The highest BCUT2D eigenvalue weighted by Gasteiger charge is 2.07. The van der Waals surface area contributed by atoms with E-state index in [1.54, 1.807) is 23.3 Å². The number of carbonyl (C=O) groups is 1. The van der Waals surface area contributed by atoms with Crippen molar-refractivity contribution >= 4 is 34.0 Å². The van der Waals surface area contributed by atoms with Gasteiger partial charge in [-0.15, -0.1) is 0 Å². The first-order chi connectivity index (χ1) is 13.2. The predicted molar refractivity (Wildman–Crippen MR) is 106 cm³/mol. The number of nitrogens with zero attached hydrogens (tertiary/aromatic N) is 4. The van der Waals surface area contributed by atoms with Gasteiger partial charge in [-0.05, 0) is 16.3 Å². The molecule has 0 bridgehead atoms. The monoisotopic (exact) mass is 379 g/mol. The number of halogens is 1. The minimum absolute atomic E-state index is 0.0914. The molecule has 0 unspecified atom stereocenters. The van der Waals surface area contributed by atoms with E-state index in [0.29, 0.717) is 30.2 Å². The van der Waals surface area contributed by atoms with Gasteiger partial charge in [0.2, 0.25) is 5.91 Å². The standard InChI is InChI=1S/C20H18ClN5O/c21-17-10-22-25(13-17)9-8-20(27)24-18-11-23-26(14-18)12-16-6-3-5-15-4-1-2-7-19(15)16/h1-7,10-11,13-14H,8-9,12H2,(H,24,27). The smallest absolute Gasteiger partial charge is 0.226 e. The lowest BCUT2D eigenvalue weighted by molar-refractivity contribution is -0.116. The first-order valence-corrected chi connectivity index (χ1v) is 9.02. The molecule has 0 aliphatic carbocycles. The van der Waals surface area contributed by atoms with E-state index in [2.05, 4.69) is 39.8 Å². The van der Waals surface area contributed by atoms with Crippen molar-refractivity contribution in [2.24, 2.45) is 0 Å². The van der Waals surface area contributed by atoms with Gasteiger partial charge in [-0.1, -0.05) is 54.1 Å². The summed E-state index contributed by atoms with van der Waals surface area (Å²) >= 11 is 5.82. The van der Waals surface area contributed by atoms with E-state index in [9.17, 15) is 4.79 Å². The van der Waals surface area contributed by atoms with Crippen molar-refractivity contribution in [1.82, 2.24) is 19.6 Å². The molecular weight excluding hydrogens is 362 g/mol. The van der Waals surface area contributed by atoms with Crippen LogP contribution < -0.4 is 5.32 Å². The molecule has 7 heteroatoms. The van der Waals surface area contributed by atoms with E-state index in [0.717, 1.165) is 0 Å². The third-order valence-corrected chi connectivity index (χ3v) is 4.49. The van der Waals surface area contributed by atoms with Crippen molar-refractivity contribution in [3.8, 4) is 0 Å². The maximum Gasteiger partial charge on any atom is 0.226 e. The van der Waals surface area contributed by atoms with Crippen LogP contribution in [0.25, 0.3) is 10.8 Å². The zero-order chi connectivity index (χ0) is 18.6. The molecule has 2 aromatic heterocycles. The number of nitrogens with one attached hydrogen (secondary N) is 1. The first-order valence-electron chi connectivity index (χ1n) is 8.64. The highest BCUT2D eigenvalue weighted by Crippen LogP contribution is 2.19. The minimum Gasteiger partial charge on any atom is -0.323 e. The van der Waals surface area contributed by atoms with Gasteiger partial charge in [-0.25, -0.2) is 0 Å². The Balaban J connectivity index is 1.38. The fraction of sp³-hybridized carbons (Fsp3) is 0.150. The number of anilines is 1. The summed E-state index contributed by atoms with van der Waals surface area (Å²) in [4.78, 5) is 12.1. The Bertz CT molecular complexity index is 1080. The highest BCUT2D eigenvalue weighted by atomic mass is 35.5. The Morgan fingerprint density at radius 2 is 1.81 bits per heavy atom. The quantitative estimate of drug-likeness (QED) is 0.551. The van der Waals surface area contributed by atoms with Crippen LogP contribution in [-0.4, -0.2) is 25.5 Å². The molecule has 2 heterocycles. The van der Waals surface area contributed by atoms with Crippen LogP contribution in [0.1, 0.15) is 12.0 Å². The van der Waals surface area contributed by atoms with Crippen molar-refractivity contribution in [3.63, 3.8) is 0 Å². The molecule has 0 radical (unpaired) electrons. The number of carbonyl (C=O) groups excluding carboxylic acids is 1. The number of rotatable bonds is 6. The second kappa shape index (κ2) is 7.63. The lowest BCUT2D eigenvalue weighted by Gasteiger charge is -2.06. The SMILES string of the molecule is O=C(CCn1cc(Cl)cn1)Nc1cnn(Cc2cccc3ccccc23)c1. The number of amides is 1. The molecule has 4 rings (SSSR count). The van der Waals surface area contributed by atoms with Crippen LogP contribution in [0.4, 0.5) is 5.69 Å². The molecule has 0 saturated carbocycles. The van der Waals surface area contributed by atoms with E-state index in [-0.39, 0.29) is 5.91 Å². The van der Waals surface area contributed by atoms with Gasteiger partial charge in [0.15, 0.2) is 0 Å². The molecule has 27 heavy (non-hydrogen) atoms. The summed E-state index contributed by atoms with van der Waals surface area (Å²) in [5.74, 6) is -0.0914. The van der Waals surface area contributed by atoms with Gasteiger partial charge in [-0.2, -0.15) is 10.2 Å². The third-order valence-electron chi connectivity index (χ3n) is 4.30.